The van der Waals surface area contributed by atoms with Crippen molar-refractivity contribution in [2.75, 3.05) is 0 Å². The third-order valence-electron chi connectivity index (χ3n) is 12.1. The highest BCUT2D eigenvalue weighted by atomic mass is 15.0. The first-order chi connectivity index (χ1) is 30.9. The molecule has 2 aromatic heterocycles. The maximum atomic E-state index is 5.11. The molecule has 0 saturated heterocycles. The second kappa shape index (κ2) is 15.7. The smallest absolute Gasteiger partial charge is 0.164 e. The zero-order chi connectivity index (χ0) is 42.3. The van der Waals surface area contributed by atoms with E-state index in [0.717, 1.165) is 61.5 Å². The van der Waals surface area contributed by atoms with E-state index < -0.39 is 0 Å². The van der Waals surface area contributed by atoms with E-state index in [-0.39, 0.29) is 5.41 Å². The lowest BCUT2D eigenvalue weighted by atomic mass is 9.80. The standard InChI is InChI=1S/C58H41N5/c1-58(2)50-35-44(42-25-15-27-46(33-42)53-37-52(38-17-7-3-8-18-38)59-54(60-53)39-19-9-4-10-20-39)29-31-48(50)49-32-30-45(36-51(49)58)43-26-16-28-47(34-43)57-62-55(40-21-11-5-12-22-40)61-56(63-57)41-23-13-6-14-24-41/h3-37H,1-2H3. The summed E-state index contributed by atoms with van der Waals surface area (Å²) in [7, 11) is 0. The van der Waals surface area contributed by atoms with Crippen molar-refractivity contribution in [3.63, 3.8) is 0 Å². The lowest BCUT2D eigenvalue weighted by molar-refractivity contribution is 0.661. The van der Waals surface area contributed by atoms with Crippen molar-refractivity contribution in [2.24, 2.45) is 0 Å². The van der Waals surface area contributed by atoms with Gasteiger partial charge in [-0.3, -0.25) is 0 Å². The second-order valence-corrected chi connectivity index (χ2v) is 16.5. The lowest BCUT2D eigenvalue weighted by Crippen LogP contribution is -2.15. The molecule has 1 aliphatic rings. The number of nitrogens with zero attached hydrogens (tertiary/aromatic N) is 5. The largest absolute Gasteiger partial charge is 0.228 e. The molecule has 0 fully saturated rings. The van der Waals surface area contributed by atoms with Gasteiger partial charge in [0.25, 0.3) is 0 Å². The summed E-state index contributed by atoms with van der Waals surface area (Å²) in [5.41, 5.74) is 17.2. The van der Waals surface area contributed by atoms with Gasteiger partial charge in [-0.2, -0.15) is 0 Å². The summed E-state index contributed by atoms with van der Waals surface area (Å²) >= 11 is 0. The second-order valence-electron chi connectivity index (χ2n) is 16.5. The van der Waals surface area contributed by atoms with Gasteiger partial charge in [0.15, 0.2) is 23.3 Å². The van der Waals surface area contributed by atoms with E-state index >= 15 is 0 Å². The van der Waals surface area contributed by atoms with Crippen LogP contribution in [0.2, 0.25) is 0 Å². The van der Waals surface area contributed by atoms with Crippen LogP contribution in [0.15, 0.2) is 212 Å². The molecule has 1 aliphatic carbocycles. The Morgan fingerprint density at radius 3 is 1.06 bits per heavy atom. The fourth-order valence-electron chi connectivity index (χ4n) is 8.80. The van der Waals surface area contributed by atoms with Crippen molar-refractivity contribution in [3.05, 3.63) is 223 Å². The number of fused-ring (bicyclic) bond motifs is 3. The number of aromatic nitrogens is 5. The average molecular weight is 808 g/mol. The molecular formula is C58H41N5. The molecule has 5 nitrogen and oxygen atoms in total. The SMILES string of the molecule is CC1(C)c2cc(-c3cccc(-c4cc(-c5ccccc5)nc(-c5ccccc5)n4)c3)ccc2-c2ccc(-c3cccc(-c4nc(-c5ccccc5)nc(-c5ccccc5)n4)c3)cc21. The Balaban J connectivity index is 0.927. The number of hydrogen-bond donors (Lipinski definition) is 0. The van der Waals surface area contributed by atoms with Crippen LogP contribution in [0.4, 0.5) is 0 Å². The van der Waals surface area contributed by atoms with Crippen LogP contribution in [0.25, 0.3) is 101 Å². The van der Waals surface area contributed by atoms with E-state index in [2.05, 4.69) is 129 Å². The molecule has 0 unspecified atom stereocenters. The highest BCUT2D eigenvalue weighted by molar-refractivity contribution is 5.87. The quantitative estimate of drug-likeness (QED) is 0.153. The Bertz CT molecular complexity index is 2950. The fraction of sp³-hybridized carbons (Fsp3) is 0.0517. The van der Waals surface area contributed by atoms with Crippen molar-refractivity contribution in [1.29, 1.82) is 0 Å². The molecule has 2 heterocycles. The van der Waals surface area contributed by atoms with Gasteiger partial charge in [0.05, 0.1) is 11.4 Å². The van der Waals surface area contributed by atoms with E-state index in [1.807, 2.05) is 97.1 Å². The van der Waals surface area contributed by atoms with Gasteiger partial charge in [-0.25, -0.2) is 24.9 Å². The molecule has 0 saturated carbocycles. The first-order valence-electron chi connectivity index (χ1n) is 21.3. The van der Waals surface area contributed by atoms with Crippen LogP contribution in [0.1, 0.15) is 25.0 Å². The molecule has 11 rings (SSSR count). The summed E-state index contributed by atoms with van der Waals surface area (Å²) in [6.07, 6.45) is 0. The minimum Gasteiger partial charge on any atom is -0.228 e. The number of benzene rings is 8. The van der Waals surface area contributed by atoms with Crippen molar-refractivity contribution >= 4 is 0 Å². The van der Waals surface area contributed by atoms with E-state index in [9.17, 15) is 0 Å². The Labute approximate surface area is 367 Å². The molecule has 0 amide bonds. The van der Waals surface area contributed by atoms with Crippen LogP contribution < -0.4 is 0 Å². The zero-order valence-corrected chi connectivity index (χ0v) is 34.9. The summed E-state index contributed by atoms with van der Waals surface area (Å²) < 4.78 is 0. The monoisotopic (exact) mass is 807 g/mol. The summed E-state index contributed by atoms with van der Waals surface area (Å²) in [5, 5.41) is 0. The molecule has 0 radical (unpaired) electrons. The van der Waals surface area contributed by atoms with Gasteiger partial charge in [0, 0.05) is 38.8 Å². The molecule has 0 spiro atoms. The van der Waals surface area contributed by atoms with Gasteiger partial charge in [0.1, 0.15) is 0 Å². The maximum absolute atomic E-state index is 5.11. The molecule has 63 heavy (non-hydrogen) atoms. The van der Waals surface area contributed by atoms with Gasteiger partial charge in [-0.15, -0.1) is 0 Å². The van der Waals surface area contributed by atoms with Gasteiger partial charge in [-0.1, -0.05) is 196 Å². The van der Waals surface area contributed by atoms with Crippen LogP contribution in [-0.2, 0) is 5.41 Å². The molecule has 8 aromatic carbocycles. The van der Waals surface area contributed by atoms with Gasteiger partial charge in [-0.05, 0) is 74.8 Å². The summed E-state index contributed by atoms with van der Waals surface area (Å²) in [5.74, 6) is 2.65. The molecule has 10 aromatic rings. The average Bonchev–Trinajstić information content (AvgIpc) is 3.59. The Hall–Kier alpha value is -8.15. The molecule has 0 atom stereocenters. The van der Waals surface area contributed by atoms with Crippen LogP contribution >= 0.6 is 0 Å². The zero-order valence-electron chi connectivity index (χ0n) is 34.9. The van der Waals surface area contributed by atoms with E-state index in [1.165, 1.54) is 27.8 Å². The Morgan fingerprint density at radius 1 is 0.254 bits per heavy atom. The minimum absolute atomic E-state index is 0.225. The third kappa shape index (κ3) is 7.19. The maximum Gasteiger partial charge on any atom is 0.164 e. The Kier molecular flexibility index (Phi) is 9.43. The number of rotatable bonds is 8. The molecular weight excluding hydrogens is 767 g/mol. The van der Waals surface area contributed by atoms with E-state index in [4.69, 9.17) is 24.9 Å². The Morgan fingerprint density at radius 2 is 0.587 bits per heavy atom. The number of hydrogen-bond acceptors (Lipinski definition) is 5. The highest BCUT2D eigenvalue weighted by Gasteiger charge is 2.36. The molecule has 5 heteroatoms. The normalized spacial score (nSPS) is 12.4. The van der Waals surface area contributed by atoms with E-state index in [1.54, 1.807) is 0 Å². The van der Waals surface area contributed by atoms with Crippen LogP contribution in [0, 0.1) is 0 Å². The lowest BCUT2D eigenvalue weighted by Gasteiger charge is -2.23. The summed E-state index contributed by atoms with van der Waals surface area (Å²) in [6, 6.07) is 74.0. The third-order valence-corrected chi connectivity index (χ3v) is 12.1. The van der Waals surface area contributed by atoms with Crippen molar-refractivity contribution in [2.45, 2.75) is 19.3 Å². The first-order valence-corrected chi connectivity index (χ1v) is 21.3. The summed E-state index contributed by atoms with van der Waals surface area (Å²) in [6.45, 7) is 4.69. The van der Waals surface area contributed by atoms with Crippen molar-refractivity contribution in [1.82, 2.24) is 24.9 Å². The van der Waals surface area contributed by atoms with E-state index in [0.29, 0.717) is 23.3 Å². The van der Waals surface area contributed by atoms with Crippen molar-refractivity contribution < 1.29 is 0 Å². The summed E-state index contributed by atoms with van der Waals surface area (Å²) in [4.78, 5) is 25.0. The topological polar surface area (TPSA) is 64.5 Å². The predicted octanol–water partition coefficient (Wildman–Crippen LogP) is 14.3. The molecule has 298 valence electrons. The van der Waals surface area contributed by atoms with Crippen LogP contribution in [-0.4, -0.2) is 24.9 Å². The van der Waals surface area contributed by atoms with Crippen LogP contribution in [0.3, 0.4) is 0 Å². The van der Waals surface area contributed by atoms with Gasteiger partial charge in [0.2, 0.25) is 0 Å². The van der Waals surface area contributed by atoms with Gasteiger partial charge < -0.3 is 0 Å². The van der Waals surface area contributed by atoms with Gasteiger partial charge >= 0.3 is 0 Å². The minimum atomic E-state index is -0.225. The predicted molar refractivity (Wildman–Crippen MR) is 256 cm³/mol. The van der Waals surface area contributed by atoms with Crippen molar-refractivity contribution in [3.8, 4) is 101 Å². The fourth-order valence-corrected chi connectivity index (χ4v) is 8.80. The first kappa shape index (κ1) is 37.8. The highest BCUT2D eigenvalue weighted by Crippen LogP contribution is 2.51. The molecule has 0 bridgehead atoms. The molecule has 0 aliphatic heterocycles. The van der Waals surface area contributed by atoms with Crippen LogP contribution in [0.5, 0.6) is 0 Å². The molecule has 0 N–H and O–H groups in total.